The summed E-state index contributed by atoms with van der Waals surface area (Å²) < 4.78 is 39.0. The van der Waals surface area contributed by atoms with Crippen molar-refractivity contribution in [1.29, 1.82) is 0 Å². The predicted octanol–water partition coefficient (Wildman–Crippen LogP) is 2.87. The Hall–Kier alpha value is -2.77. The van der Waals surface area contributed by atoms with Crippen LogP contribution in [0.15, 0.2) is 48.7 Å². The fourth-order valence-electron chi connectivity index (χ4n) is 2.76. The molecule has 2 heterocycles. The van der Waals surface area contributed by atoms with Crippen molar-refractivity contribution in [2.45, 2.75) is 6.18 Å². The smallest absolute Gasteiger partial charge is 0.317 e. The summed E-state index contributed by atoms with van der Waals surface area (Å²) in [6.45, 7) is 2.08. The first-order chi connectivity index (χ1) is 11.9. The van der Waals surface area contributed by atoms with Gasteiger partial charge in [-0.3, -0.25) is 4.90 Å². The van der Waals surface area contributed by atoms with Crippen molar-refractivity contribution in [3.05, 3.63) is 54.2 Å². The van der Waals surface area contributed by atoms with Gasteiger partial charge in [-0.05, 0) is 18.2 Å². The van der Waals surface area contributed by atoms with Crippen molar-refractivity contribution in [2.75, 3.05) is 36.4 Å². The van der Waals surface area contributed by atoms with Crippen LogP contribution in [0, 0.1) is 0 Å². The van der Waals surface area contributed by atoms with Gasteiger partial charge >= 0.3 is 12.2 Å². The van der Waals surface area contributed by atoms with Crippen LogP contribution in [0.4, 0.5) is 29.5 Å². The number of carbonyl (C=O) groups is 1. The third kappa shape index (κ3) is 4.01. The molecule has 25 heavy (non-hydrogen) atoms. The van der Waals surface area contributed by atoms with Crippen molar-refractivity contribution in [3.63, 3.8) is 0 Å². The molecule has 0 bridgehead atoms. The van der Waals surface area contributed by atoms with E-state index in [0.717, 1.165) is 11.9 Å². The minimum Gasteiger partial charge on any atom is -0.317 e. The highest BCUT2D eigenvalue weighted by Gasteiger charge is 2.34. The van der Waals surface area contributed by atoms with E-state index < -0.39 is 17.8 Å². The summed E-state index contributed by atoms with van der Waals surface area (Å²) in [4.78, 5) is 19.1. The molecule has 0 unspecified atom stereocenters. The number of aromatic nitrogens is 1. The second-order valence-corrected chi connectivity index (χ2v) is 5.70. The quantitative estimate of drug-likeness (QED) is 0.905. The number of nitrogens with one attached hydrogen (secondary N) is 2. The second-order valence-electron chi connectivity index (χ2n) is 5.70. The number of benzene rings is 1. The average molecular weight is 351 g/mol. The zero-order valence-electron chi connectivity index (χ0n) is 13.4. The molecule has 1 aliphatic heterocycles. The molecule has 3 rings (SSSR count). The molecule has 1 aromatic heterocycles. The van der Waals surface area contributed by atoms with Gasteiger partial charge in [-0.2, -0.15) is 13.2 Å². The number of amides is 2. The Bertz CT molecular complexity index is 728. The minimum absolute atomic E-state index is 0.223. The molecular formula is C17H18F3N4O+. The van der Waals surface area contributed by atoms with Crippen LogP contribution in [0.1, 0.15) is 5.56 Å². The zero-order chi connectivity index (χ0) is 17.9. The summed E-state index contributed by atoms with van der Waals surface area (Å²) in [5.41, 5.74) is -1.07. The normalized spacial score (nSPS) is 15.2. The number of carbonyl (C=O) groups excluding carboxylic acids is 1. The number of aromatic amines is 1. The van der Waals surface area contributed by atoms with E-state index in [4.69, 9.17) is 0 Å². The van der Waals surface area contributed by atoms with Gasteiger partial charge in [0.1, 0.15) is 13.1 Å². The molecule has 5 nitrogen and oxygen atoms in total. The van der Waals surface area contributed by atoms with Gasteiger partial charge < -0.3 is 10.2 Å². The molecule has 0 atom stereocenters. The summed E-state index contributed by atoms with van der Waals surface area (Å²) in [6.07, 6.45) is -2.69. The van der Waals surface area contributed by atoms with Gasteiger partial charge in [0, 0.05) is 6.07 Å². The van der Waals surface area contributed by atoms with Gasteiger partial charge in [0.2, 0.25) is 0 Å². The van der Waals surface area contributed by atoms with Crippen LogP contribution < -0.4 is 15.2 Å². The van der Waals surface area contributed by atoms with Crippen LogP contribution in [-0.2, 0) is 6.18 Å². The van der Waals surface area contributed by atoms with E-state index in [1.807, 2.05) is 24.4 Å². The van der Waals surface area contributed by atoms with Gasteiger partial charge in [-0.25, -0.2) is 9.78 Å². The molecule has 1 aromatic carbocycles. The van der Waals surface area contributed by atoms with E-state index in [1.54, 1.807) is 0 Å². The van der Waals surface area contributed by atoms with E-state index in [0.29, 0.717) is 26.2 Å². The number of urea groups is 1. The minimum atomic E-state index is -4.51. The number of alkyl halides is 3. The number of nitrogens with zero attached hydrogens (tertiary/aromatic N) is 2. The maximum atomic E-state index is 13.0. The first-order valence-electron chi connectivity index (χ1n) is 7.89. The number of rotatable bonds is 2. The molecule has 1 aliphatic rings. The van der Waals surface area contributed by atoms with Gasteiger partial charge in [0.05, 0.1) is 30.5 Å². The van der Waals surface area contributed by atoms with E-state index in [1.165, 1.54) is 23.1 Å². The molecule has 2 amide bonds. The van der Waals surface area contributed by atoms with Crippen LogP contribution in [0.2, 0.25) is 0 Å². The highest BCUT2D eigenvalue weighted by molar-refractivity contribution is 5.90. The predicted molar refractivity (Wildman–Crippen MR) is 87.2 cm³/mol. The largest absolute Gasteiger partial charge is 0.418 e. The van der Waals surface area contributed by atoms with Gasteiger partial charge in [0.15, 0.2) is 0 Å². The number of hydrogen-bond acceptors (Lipinski definition) is 2. The molecule has 2 N–H and O–H groups in total. The Labute approximate surface area is 143 Å². The van der Waals surface area contributed by atoms with Crippen molar-refractivity contribution in [2.24, 2.45) is 0 Å². The first-order valence-corrected chi connectivity index (χ1v) is 7.89. The summed E-state index contributed by atoms with van der Waals surface area (Å²) in [7, 11) is 0. The van der Waals surface area contributed by atoms with E-state index in [2.05, 4.69) is 15.2 Å². The summed E-state index contributed by atoms with van der Waals surface area (Å²) >= 11 is 0. The molecule has 1 saturated heterocycles. The molecule has 132 valence electrons. The van der Waals surface area contributed by atoms with E-state index in [-0.39, 0.29) is 5.69 Å². The molecule has 0 spiro atoms. The Kier molecular flexibility index (Phi) is 4.78. The standard InChI is InChI=1S/C17H17F3N4O/c18-17(19,20)13-5-1-2-6-14(13)22-16(25)24-11-9-23(10-12-24)15-7-3-4-8-21-15/h1-8H,9-12H2,(H,22,25)/p+1. The van der Waals surface area contributed by atoms with Gasteiger partial charge in [0.25, 0.3) is 5.82 Å². The third-order valence-corrected chi connectivity index (χ3v) is 4.07. The molecule has 0 radical (unpaired) electrons. The molecular weight excluding hydrogens is 333 g/mol. The van der Waals surface area contributed by atoms with E-state index >= 15 is 0 Å². The highest BCUT2D eigenvalue weighted by atomic mass is 19.4. The summed E-state index contributed by atoms with van der Waals surface area (Å²) in [6, 6.07) is 10.2. The van der Waals surface area contributed by atoms with Gasteiger partial charge in [-0.1, -0.05) is 18.2 Å². The van der Waals surface area contributed by atoms with Crippen molar-refractivity contribution >= 4 is 17.5 Å². The Morgan fingerprint density at radius 1 is 1.00 bits per heavy atom. The maximum absolute atomic E-state index is 13.0. The highest BCUT2D eigenvalue weighted by Crippen LogP contribution is 2.34. The Morgan fingerprint density at radius 3 is 2.32 bits per heavy atom. The zero-order valence-corrected chi connectivity index (χ0v) is 13.4. The molecule has 0 saturated carbocycles. The Balaban J connectivity index is 1.63. The molecule has 1 fully saturated rings. The lowest BCUT2D eigenvalue weighted by atomic mass is 10.1. The summed E-state index contributed by atoms with van der Waals surface area (Å²) in [5, 5.41) is 2.38. The maximum Gasteiger partial charge on any atom is 0.418 e. The lowest BCUT2D eigenvalue weighted by Crippen LogP contribution is -2.51. The molecule has 2 aromatic rings. The van der Waals surface area contributed by atoms with Crippen LogP contribution in [0.5, 0.6) is 0 Å². The third-order valence-electron chi connectivity index (χ3n) is 4.07. The SMILES string of the molecule is O=C(Nc1ccccc1C(F)(F)F)N1CCN(c2cccc[nH+]2)CC1. The fourth-order valence-corrected chi connectivity index (χ4v) is 2.76. The van der Waals surface area contributed by atoms with Crippen molar-refractivity contribution in [1.82, 2.24) is 4.90 Å². The average Bonchev–Trinajstić information content (AvgIpc) is 2.62. The lowest BCUT2D eigenvalue weighted by Gasteiger charge is -2.31. The van der Waals surface area contributed by atoms with Crippen LogP contribution in [-0.4, -0.2) is 37.1 Å². The number of hydrogen-bond donors (Lipinski definition) is 1. The van der Waals surface area contributed by atoms with E-state index in [9.17, 15) is 18.0 Å². The lowest BCUT2D eigenvalue weighted by molar-refractivity contribution is -0.364. The van der Waals surface area contributed by atoms with Crippen molar-refractivity contribution in [3.8, 4) is 0 Å². The number of halogens is 3. The number of pyridine rings is 1. The molecule has 8 heteroatoms. The molecule has 0 aliphatic carbocycles. The first kappa shape index (κ1) is 17.1. The van der Waals surface area contributed by atoms with Crippen molar-refractivity contribution < 1.29 is 22.9 Å². The van der Waals surface area contributed by atoms with Crippen LogP contribution in [0.3, 0.4) is 0 Å². The van der Waals surface area contributed by atoms with Gasteiger partial charge in [-0.15, -0.1) is 0 Å². The van der Waals surface area contributed by atoms with Crippen LogP contribution >= 0.6 is 0 Å². The second kappa shape index (κ2) is 7.00. The fraction of sp³-hybridized carbons (Fsp3) is 0.294. The number of H-pyrrole nitrogens is 1. The summed E-state index contributed by atoms with van der Waals surface area (Å²) in [5.74, 6) is 0.949. The number of para-hydroxylation sites is 1. The topological polar surface area (TPSA) is 49.7 Å². The monoisotopic (exact) mass is 351 g/mol. The number of piperazine rings is 1. The van der Waals surface area contributed by atoms with Crippen LogP contribution in [0.25, 0.3) is 0 Å². The Morgan fingerprint density at radius 2 is 1.68 bits per heavy atom. The number of anilines is 2.